The lowest BCUT2D eigenvalue weighted by atomic mass is 10.1. The number of carboxylic acids is 4. The highest BCUT2D eigenvalue weighted by molar-refractivity contribution is 6.00. The van der Waals surface area contributed by atoms with Crippen LogP contribution in [0.5, 0.6) is 23.0 Å². The first-order chi connectivity index (χ1) is 31.8. The van der Waals surface area contributed by atoms with Crippen molar-refractivity contribution >= 4 is 95.7 Å². The monoisotopic (exact) mass is 1000 g/mol. The highest BCUT2D eigenvalue weighted by Gasteiger charge is 2.26. The Bertz CT molecular complexity index is 2370. The second-order valence-electron chi connectivity index (χ2n) is 13.6. The van der Waals surface area contributed by atoms with Crippen LogP contribution in [0, 0.1) is 10.8 Å². The second kappa shape index (κ2) is 27.1. The Balaban J connectivity index is 0.00000817. The third-order valence-electron chi connectivity index (χ3n) is 8.46. The Morgan fingerprint density at radius 2 is 0.826 bits per heavy atom. The van der Waals surface area contributed by atoms with Crippen molar-refractivity contribution in [1.82, 2.24) is 10.6 Å². The number of esters is 2. The van der Waals surface area contributed by atoms with Crippen LogP contribution in [0.3, 0.4) is 0 Å². The molecule has 2 atom stereocenters. The fourth-order valence-corrected chi connectivity index (χ4v) is 5.48. The lowest BCUT2D eigenvalue weighted by molar-refractivity contribution is -0.145. The number of hydrogen-bond acceptors (Lipinski definition) is 15. The summed E-state index contributed by atoms with van der Waals surface area (Å²) in [6, 6.07) is 14.7. The van der Waals surface area contributed by atoms with Gasteiger partial charge in [-0.25, -0.2) is 19.2 Å². The van der Waals surface area contributed by atoms with Gasteiger partial charge in [0.05, 0.1) is 37.2 Å². The first-order valence-corrected chi connectivity index (χ1v) is 19.3. The topological polar surface area (TPSA) is 411 Å². The van der Waals surface area contributed by atoms with Gasteiger partial charge in [0.15, 0.2) is 11.9 Å². The molecule has 69 heavy (non-hydrogen) atoms. The van der Waals surface area contributed by atoms with Crippen molar-refractivity contribution in [1.29, 1.82) is 10.8 Å². The molecule has 0 aliphatic rings. The number of hydrogen-bond donors (Lipinski definition) is 12. The molecule has 0 aliphatic heterocycles. The molecule has 27 heteroatoms. The lowest BCUT2D eigenvalue weighted by Crippen LogP contribution is -2.42. The van der Waals surface area contributed by atoms with E-state index in [9.17, 15) is 48.6 Å². The van der Waals surface area contributed by atoms with Crippen LogP contribution in [0.15, 0.2) is 84.9 Å². The number of nitrogens with two attached hydrogens (primary N) is 2. The molecule has 0 heterocycles. The predicted octanol–water partition coefficient (Wildman–Crippen LogP) is 2.37. The second-order valence-corrected chi connectivity index (χ2v) is 13.6. The fraction of sp³-hybridized carbons (Fsp3) is 0.190. The van der Waals surface area contributed by atoms with Crippen molar-refractivity contribution in [3.8, 4) is 23.0 Å². The molecule has 0 aliphatic carbocycles. The van der Waals surface area contributed by atoms with E-state index in [1.165, 1.54) is 72.8 Å². The van der Waals surface area contributed by atoms with E-state index in [1.807, 2.05) is 0 Å². The molecule has 0 saturated heterocycles. The van der Waals surface area contributed by atoms with Crippen molar-refractivity contribution in [2.75, 3.05) is 37.1 Å². The quantitative estimate of drug-likeness (QED) is 0.0158. The first-order valence-electron chi connectivity index (χ1n) is 19.3. The molecular weight excluding hydrogens is 959 g/mol. The molecule has 4 aromatic carbocycles. The van der Waals surface area contributed by atoms with Gasteiger partial charge < -0.3 is 76.8 Å². The van der Waals surface area contributed by atoms with Crippen LogP contribution in [-0.2, 0) is 23.9 Å². The van der Waals surface area contributed by atoms with Gasteiger partial charge in [-0.05, 0) is 72.8 Å². The van der Waals surface area contributed by atoms with Crippen LogP contribution < -0.4 is 51.7 Å². The highest BCUT2D eigenvalue weighted by Crippen LogP contribution is 2.26. The van der Waals surface area contributed by atoms with Gasteiger partial charge >= 0.3 is 35.8 Å². The summed E-state index contributed by atoms with van der Waals surface area (Å²) in [4.78, 5) is 97.8. The summed E-state index contributed by atoms with van der Waals surface area (Å²) < 4.78 is 27.9. The van der Waals surface area contributed by atoms with Gasteiger partial charge in [0, 0.05) is 34.6 Å². The van der Waals surface area contributed by atoms with E-state index in [0.29, 0.717) is 11.4 Å². The molecule has 0 saturated carbocycles. The van der Waals surface area contributed by atoms with Gasteiger partial charge in [-0.1, -0.05) is 0 Å². The minimum atomic E-state index is -1.81. The summed E-state index contributed by atoms with van der Waals surface area (Å²) in [5.74, 6) is -11.3. The van der Waals surface area contributed by atoms with Crippen LogP contribution in [0.4, 0.5) is 11.4 Å². The number of rotatable bonds is 24. The van der Waals surface area contributed by atoms with Crippen LogP contribution in [0.2, 0.25) is 0 Å². The van der Waals surface area contributed by atoms with Crippen LogP contribution >= 0.6 is 24.8 Å². The number of carbonyl (C=O) groups is 8. The molecule has 14 N–H and O–H groups in total. The van der Waals surface area contributed by atoms with Crippen molar-refractivity contribution in [3.05, 3.63) is 107 Å². The molecule has 0 unspecified atom stereocenters. The summed E-state index contributed by atoms with van der Waals surface area (Å²) in [5.41, 5.74) is 11.0. The number of carbonyl (C=O) groups excluding carboxylic acids is 4. The smallest absolute Gasteiger partial charge is 0.343 e. The summed E-state index contributed by atoms with van der Waals surface area (Å²) >= 11 is 0. The average Bonchev–Trinajstić information content (AvgIpc) is 3.25. The Morgan fingerprint density at radius 1 is 0.493 bits per heavy atom. The maximum absolute atomic E-state index is 13.1. The number of amides is 2. The zero-order chi connectivity index (χ0) is 49.2. The van der Waals surface area contributed by atoms with Crippen LogP contribution in [0.1, 0.15) is 54.3 Å². The molecule has 0 radical (unpaired) electrons. The summed E-state index contributed by atoms with van der Waals surface area (Å²) in [6.45, 7) is -0.631. The molecule has 4 rings (SSSR count). The minimum Gasteiger partial charge on any atom is -0.491 e. The normalized spacial score (nSPS) is 11.0. The number of carboxylic acid groups (broad SMARTS) is 4. The zero-order valence-corrected chi connectivity index (χ0v) is 37.2. The van der Waals surface area contributed by atoms with Gasteiger partial charge in [0.1, 0.15) is 48.3 Å². The standard InChI is InChI=1S/C42H42N8O17.2ClH/c43-41(44)47-25-5-1-21(2-6-25)39(61)66-29-15-23(35(55)49-31(37(57)58)19-33(51)52)13-27(17-29)64-11-9-63-10-12-65-28-14-24(36(56)50-32(38(59)60)20-34(53)54)16-30(18-28)67-40(62)22-3-7-26(8-4-22)48-42(45)46;;/h1-8,13-18,31-32H,9-12,19-20H2,(H,49,55)(H,50,56)(H,51,52)(H,53,54)(H,57,58)(H,59,60)(H4,43,44,47)(H4,45,46,48);2*1H/t31-,32-;;/m1../s1. The third kappa shape index (κ3) is 19.0. The summed E-state index contributed by atoms with van der Waals surface area (Å²) in [5, 5.41) is 61.0. The first kappa shape index (κ1) is 56.4. The number of ether oxygens (including phenoxy) is 5. The van der Waals surface area contributed by atoms with Crippen molar-refractivity contribution in [2.24, 2.45) is 11.5 Å². The van der Waals surface area contributed by atoms with Gasteiger partial charge in [-0.15, -0.1) is 24.8 Å². The number of anilines is 2. The van der Waals surface area contributed by atoms with Gasteiger partial charge in [0.2, 0.25) is 0 Å². The van der Waals surface area contributed by atoms with Crippen molar-refractivity contribution < 1.29 is 82.5 Å². The van der Waals surface area contributed by atoms with E-state index < -0.39 is 72.6 Å². The molecule has 0 fully saturated rings. The molecule has 0 spiro atoms. The average molecular weight is 1000 g/mol. The maximum Gasteiger partial charge on any atom is 0.343 e. The zero-order valence-electron chi connectivity index (χ0n) is 35.5. The van der Waals surface area contributed by atoms with Crippen molar-refractivity contribution in [3.63, 3.8) is 0 Å². The molecular formula is C42H44Cl2N8O17. The Hall–Kier alpha value is -8.68. The third-order valence-corrected chi connectivity index (χ3v) is 8.46. The van der Waals surface area contributed by atoms with Crippen molar-refractivity contribution in [2.45, 2.75) is 24.9 Å². The van der Waals surface area contributed by atoms with Crippen LogP contribution in [0.25, 0.3) is 0 Å². The molecule has 4 aromatic rings. The molecule has 0 bridgehead atoms. The number of benzene rings is 4. The largest absolute Gasteiger partial charge is 0.491 e. The van der Waals surface area contributed by atoms with Gasteiger partial charge in [-0.2, -0.15) is 0 Å². The number of halogens is 2. The van der Waals surface area contributed by atoms with E-state index in [0.717, 1.165) is 12.1 Å². The predicted molar refractivity (Wildman–Crippen MR) is 245 cm³/mol. The number of aliphatic carboxylic acids is 4. The lowest BCUT2D eigenvalue weighted by Gasteiger charge is -2.15. The molecule has 368 valence electrons. The Kier molecular flexibility index (Phi) is 22.2. The fourth-order valence-electron chi connectivity index (χ4n) is 5.48. The van der Waals surface area contributed by atoms with E-state index in [4.69, 9.17) is 56.2 Å². The Labute approximate surface area is 402 Å². The molecule has 2 amide bonds. The SMILES string of the molecule is Cl.Cl.N=C(N)Nc1ccc(C(=O)Oc2cc(OCCOCCOc3cc(OC(=O)c4ccc(NC(=N)N)cc4)cc(C(=O)N[C@H](CC(=O)O)C(=O)O)c3)cc(C(=O)N[C@H](CC(=O)O)C(=O)O)c2)cc1. The van der Waals surface area contributed by atoms with E-state index in [-0.39, 0.29) is 108 Å². The van der Waals surface area contributed by atoms with Crippen LogP contribution in [-0.4, -0.2) is 118 Å². The minimum absolute atomic E-state index is 0. The molecule has 25 nitrogen and oxygen atoms in total. The van der Waals surface area contributed by atoms with E-state index in [1.54, 1.807) is 0 Å². The summed E-state index contributed by atoms with van der Waals surface area (Å²) in [7, 11) is 0. The highest BCUT2D eigenvalue weighted by atomic mass is 35.5. The molecule has 0 aromatic heterocycles. The van der Waals surface area contributed by atoms with E-state index in [2.05, 4.69) is 21.3 Å². The maximum atomic E-state index is 13.1. The van der Waals surface area contributed by atoms with Gasteiger partial charge in [-0.3, -0.25) is 30.0 Å². The number of guanidine groups is 2. The number of nitrogens with one attached hydrogen (secondary N) is 6. The Morgan fingerprint density at radius 3 is 1.13 bits per heavy atom. The van der Waals surface area contributed by atoms with E-state index >= 15 is 0 Å². The van der Waals surface area contributed by atoms with Gasteiger partial charge in [0.25, 0.3) is 11.8 Å². The summed E-state index contributed by atoms with van der Waals surface area (Å²) in [6.07, 6.45) is -1.88.